The van der Waals surface area contributed by atoms with Crippen LogP contribution in [0.25, 0.3) is 0 Å². The van der Waals surface area contributed by atoms with Crippen molar-refractivity contribution in [2.45, 2.75) is 57.7 Å². The third-order valence-electron chi connectivity index (χ3n) is 3.81. The molecule has 1 aliphatic heterocycles. The van der Waals surface area contributed by atoms with Crippen molar-refractivity contribution >= 4 is 17.6 Å². The molecule has 1 aliphatic rings. The molecule has 1 aromatic heterocycles. The summed E-state index contributed by atoms with van der Waals surface area (Å²) in [6.07, 6.45) is -3.81. The lowest BCUT2D eigenvalue weighted by atomic mass is 9.93. The van der Waals surface area contributed by atoms with Crippen LogP contribution in [0.3, 0.4) is 0 Å². The number of anilines is 1. The third-order valence-corrected chi connectivity index (χ3v) is 3.81. The van der Waals surface area contributed by atoms with Crippen molar-refractivity contribution in [1.82, 2.24) is 10.1 Å². The van der Waals surface area contributed by atoms with E-state index < -0.39 is 24.0 Å². The lowest BCUT2D eigenvalue weighted by molar-refractivity contribution is -0.189. The predicted molar refractivity (Wildman–Crippen MR) is 79.2 cm³/mol. The maximum Gasteiger partial charge on any atom is 0.471 e. The van der Waals surface area contributed by atoms with Crippen molar-refractivity contribution in [3.63, 3.8) is 0 Å². The van der Waals surface area contributed by atoms with E-state index in [1.54, 1.807) is 0 Å². The highest BCUT2D eigenvalue weighted by atomic mass is 19.4. The highest BCUT2D eigenvalue weighted by molar-refractivity contribution is 5.97. The molecular weight excluding hydrogens is 327 g/mol. The van der Waals surface area contributed by atoms with Crippen molar-refractivity contribution in [3.8, 4) is 0 Å². The molecule has 24 heavy (non-hydrogen) atoms. The van der Waals surface area contributed by atoms with Gasteiger partial charge < -0.3 is 14.7 Å². The summed E-state index contributed by atoms with van der Waals surface area (Å²) in [6, 6.07) is 0.360. The number of rotatable bonds is 2. The minimum atomic E-state index is -5.00. The van der Waals surface area contributed by atoms with Crippen LogP contribution in [0.2, 0.25) is 0 Å². The van der Waals surface area contributed by atoms with Gasteiger partial charge in [-0.3, -0.25) is 9.59 Å². The van der Waals surface area contributed by atoms with Gasteiger partial charge in [0.2, 0.25) is 5.91 Å². The fourth-order valence-electron chi connectivity index (χ4n) is 2.51. The summed E-state index contributed by atoms with van der Waals surface area (Å²) in [7, 11) is 0. The van der Waals surface area contributed by atoms with Gasteiger partial charge in [0.05, 0.1) is 0 Å². The van der Waals surface area contributed by atoms with Gasteiger partial charge in [0, 0.05) is 18.0 Å². The van der Waals surface area contributed by atoms with E-state index in [0.717, 1.165) is 0 Å². The largest absolute Gasteiger partial charge is 0.471 e. The molecule has 0 radical (unpaired) electrons. The molecule has 1 aromatic rings. The zero-order chi connectivity index (χ0) is 18.1. The summed E-state index contributed by atoms with van der Waals surface area (Å²) in [5.74, 6) is -2.03. The third kappa shape index (κ3) is 4.07. The molecule has 9 heteroatoms. The van der Waals surface area contributed by atoms with E-state index in [9.17, 15) is 22.8 Å². The Labute approximate surface area is 137 Å². The first-order valence-electron chi connectivity index (χ1n) is 7.66. The van der Waals surface area contributed by atoms with Crippen LogP contribution in [0, 0.1) is 0 Å². The molecule has 2 heterocycles. The monoisotopic (exact) mass is 347 g/mol. The Hall–Kier alpha value is -2.06. The van der Waals surface area contributed by atoms with E-state index in [1.807, 2.05) is 20.8 Å². The number of amides is 2. The van der Waals surface area contributed by atoms with Crippen LogP contribution in [-0.2, 0) is 15.0 Å². The number of halogens is 3. The van der Waals surface area contributed by atoms with E-state index in [1.165, 1.54) is 6.07 Å². The molecule has 1 N–H and O–H groups in total. The van der Waals surface area contributed by atoms with E-state index in [4.69, 9.17) is 4.52 Å². The minimum Gasteiger partial charge on any atom is -0.359 e. The van der Waals surface area contributed by atoms with E-state index in [-0.39, 0.29) is 24.2 Å². The zero-order valence-electron chi connectivity index (χ0n) is 13.7. The summed E-state index contributed by atoms with van der Waals surface area (Å²) >= 11 is 0. The lowest BCUT2D eigenvalue weighted by Gasteiger charge is -2.34. The molecule has 6 nitrogen and oxygen atoms in total. The first-order chi connectivity index (χ1) is 11.0. The number of carbonyl (C=O) groups excluding carboxylic acids is 2. The van der Waals surface area contributed by atoms with Gasteiger partial charge >= 0.3 is 12.1 Å². The average Bonchev–Trinajstić information content (AvgIpc) is 2.94. The number of carbonyl (C=O) groups is 2. The Morgan fingerprint density at radius 1 is 1.29 bits per heavy atom. The molecule has 0 bridgehead atoms. The standard InChI is InChI=1S/C15H20F3N3O3/c1-14(2,3)10-8-11(20-24-10)19-12(22)9-6-4-5-7-21(9)13(23)15(16,17)18/h8-9H,4-7H2,1-3H3,(H,19,20,22)/t9-/m0/s1. The maximum absolute atomic E-state index is 12.7. The van der Waals surface area contributed by atoms with Crippen LogP contribution >= 0.6 is 0 Å². The van der Waals surface area contributed by atoms with Gasteiger partial charge in [0.25, 0.3) is 0 Å². The second-order valence-electron chi connectivity index (χ2n) is 6.82. The van der Waals surface area contributed by atoms with Crippen molar-refractivity contribution in [2.75, 3.05) is 11.9 Å². The van der Waals surface area contributed by atoms with Crippen molar-refractivity contribution in [1.29, 1.82) is 0 Å². The Balaban J connectivity index is 2.12. The fraction of sp³-hybridized carbons (Fsp3) is 0.667. The topological polar surface area (TPSA) is 75.4 Å². The molecule has 134 valence electrons. The summed E-state index contributed by atoms with van der Waals surface area (Å²) in [6.45, 7) is 5.58. The molecule has 0 saturated carbocycles. The highest BCUT2D eigenvalue weighted by Gasteiger charge is 2.46. The van der Waals surface area contributed by atoms with Gasteiger partial charge in [-0.2, -0.15) is 13.2 Å². The van der Waals surface area contributed by atoms with Crippen LogP contribution < -0.4 is 5.32 Å². The van der Waals surface area contributed by atoms with Crippen LogP contribution in [0.1, 0.15) is 45.8 Å². The Morgan fingerprint density at radius 2 is 1.96 bits per heavy atom. The Morgan fingerprint density at radius 3 is 2.50 bits per heavy atom. The van der Waals surface area contributed by atoms with E-state index in [0.29, 0.717) is 23.5 Å². The molecule has 2 amide bonds. The van der Waals surface area contributed by atoms with Gasteiger partial charge in [0.1, 0.15) is 11.8 Å². The van der Waals surface area contributed by atoms with Gasteiger partial charge in [-0.15, -0.1) is 0 Å². The summed E-state index contributed by atoms with van der Waals surface area (Å²) in [5.41, 5.74) is -0.320. The average molecular weight is 347 g/mol. The van der Waals surface area contributed by atoms with E-state index in [2.05, 4.69) is 10.5 Å². The van der Waals surface area contributed by atoms with Crippen LogP contribution in [-0.4, -0.2) is 40.6 Å². The second kappa shape index (κ2) is 6.45. The highest BCUT2D eigenvalue weighted by Crippen LogP contribution is 2.27. The van der Waals surface area contributed by atoms with Gasteiger partial charge in [0.15, 0.2) is 5.82 Å². The van der Waals surface area contributed by atoms with Gasteiger partial charge in [-0.05, 0) is 19.3 Å². The molecule has 1 atom stereocenters. The van der Waals surface area contributed by atoms with Crippen molar-refractivity contribution < 1.29 is 27.3 Å². The normalized spacial score (nSPS) is 19.2. The summed E-state index contributed by atoms with van der Waals surface area (Å²) in [4.78, 5) is 24.4. The Kier molecular flexibility index (Phi) is 4.91. The first-order valence-corrected chi connectivity index (χ1v) is 7.66. The van der Waals surface area contributed by atoms with Crippen LogP contribution in [0.4, 0.5) is 19.0 Å². The molecule has 0 aromatic carbocycles. The summed E-state index contributed by atoms with van der Waals surface area (Å²) < 4.78 is 43.2. The molecule has 0 spiro atoms. The number of hydrogen-bond acceptors (Lipinski definition) is 4. The minimum absolute atomic E-state index is 0.0948. The SMILES string of the molecule is CC(C)(C)c1cc(NC(=O)[C@@H]2CCCCN2C(=O)C(F)(F)F)no1. The first kappa shape index (κ1) is 18.3. The van der Waals surface area contributed by atoms with Gasteiger partial charge in [-0.25, -0.2) is 0 Å². The molecule has 1 fully saturated rings. The Bertz CT molecular complexity index is 619. The number of nitrogens with one attached hydrogen (secondary N) is 1. The van der Waals surface area contributed by atoms with Crippen LogP contribution in [0.5, 0.6) is 0 Å². The maximum atomic E-state index is 12.7. The van der Waals surface area contributed by atoms with Gasteiger partial charge in [-0.1, -0.05) is 25.9 Å². The summed E-state index contributed by atoms with van der Waals surface area (Å²) in [5, 5.41) is 6.14. The second-order valence-corrected chi connectivity index (χ2v) is 6.82. The number of nitrogens with zero attached hydrogens (tertiary/aromatic N) is 2. The molecule has 2 rings (SSSR count). The smallest absolute Gasteiger partial charge is 0.359 e. The zero-order valence-corrected chi connectivity index (χ0v) is 13.7. The van der Waals surface area contributed by atoms with Crippen molar-refractivity contribution in [2.24, 2.45) is 0 Å². The fourth-order valence-corrected chi connectivity index (χ4v) is 2.51. The number of piperidine rings is 1. The molecule has 1 saturated heterocycles. The van der Waals surface area contributed by atoms with Crippen LogP contribution in [0.15, 0.2) is 10.6 Å². The predicted octanol–water partition coefficient (Wildman–Crippen LogP) is 2.85. The molecule has 0 unspecified atom stereocenters. The van der Waals surface area contributed by atoms with E-state index >= 15 is 0 Å². The number of aromatic nitrogens is 1. The molecule has 0 aliphatic carbocycles. The quantitative estimate of drug-likeness (QED) is 0.893. The molecular formula is C15H20F3N3O3. The number of alkyl halides is 3. The lowest BCUT2D eigenvalue weighted by Crippen LogP contribution is -2.54. The number of likely N-dealkylation sites (tertiary alicyclic amines) is 1. The number of hydrogen-bond donors (Lipinski definition) is 1. The van der Waals surface area contributed by atoms with Crippen molar-refractivity contribution in [3.05, 3.63) is 11.8 Å².